The molecule has 0 saturated carbocycles. The standard InChI is InChI=1S/C29H17N3O/c33-20-13-14-21-22-15-16-25-28(29(22)32(26(21)18-20)27-12-6-7-17-30-27)23-10-4-5-11-24(23)31(25)19-8-2-1-3-9-19/h1-16,18H/p+1. The Hall–Kier alpha value is -4.66. The summed E-state index contributed by atoms with van der Waals surface area (Å²) in [6.45, 7) is 0. The van der Waals surface area contributed by atoms with Gasteiger partial charge in [0.05, 0.1) is 34.2 Å². The van der Waals surface area contributed by atoms with Crippen LogP contribution in [0.5, 0.6) is 5.75 Å². The fourth-order valence-corrected chi connectivity index (χ4v) is 5.08. The molecule has 4 aromatic carbocycles. The first-order valence-corrected chi connectivity index (χ1v) is 10.9. The van der Waals surface area contributed by atoms with Gasteiger partial charge >= 0.3 is 0 Å². The quantitative estimate of drug-likeness (QED) is 0.301. The van der Waals surface area contributed by atoms with E-state index in [2.05, 4.69) is 81.0 Å². The molecule has 0 spiro atoms. The Kier molecular flexibility index (Phi) is 3.63. The van der Waals surface area contributed by atoms with Crippen molar-refractivity contribution in [1.29, 1.82) is 0 Å². The molecule has 1 aliphatic rings. The minimum absolute atomic E-state index is 0.231. The van der Waals surface area contributed by atoms with Crippen LogP contribution in [0.25, 0.3) is 55.1 Å². The normalized spacial score (nSPS) is 13.3. The fraction of sp³-hybridized carbons (Fsp3) is 0. The number of phenols is 1. The SMILES string of the molecule is Oc1ccc2c3ccc4c(c5ccccc5n4-c4ccccc4)c3n(C3=CC=C[C+]=N3)c2c1. The van der Waals surface area contributed by atoms with Gasteiger partial charge in [0.2, 0.25) is 0 Å². The van der Waals surface area contributed by atoms with Crippen molar-refractivity contribution in [3.05, 3.63) is 103 Å². The van der Waals surface area contributed by atoms with E-state index in [0.29, 0.717) is 0 Å². The molecule has 33 heavy (non-hydrogen) atoms. The molecule has 0 radical (unpaired) electrons. The van der Waals surface area contributed by atoms with E-state index in [1.165, 1.54) is 5.39 Å². The van der Waals surface area contributed by atoms with E-state index in [-0.39, 0.29) is 5.75 Å². The average molecular weight is 424 g/mol. The van der Waals surface area contributed by atoms with Crippen molar-refractivity contribution >= 4 is 55.6 Å². The molecule has 3 heterocycles. The number of phenolic OH excluding ortho intramolecular Hbond substituents is 1. The number of benzene rings is 4. The molecule has 4 nitrogen and oxygen atoms in total. The van der Waals surface area contributed by atoms with E-state index >= 15 is 0 Å². The minimum Gasteiger partial charge on any atom is -0.508 e. The van der Waals surface area contributed by atoms with E-state index in [9.17, 15) is 5.11 Å². The Morgan fingerprint density at radius 3 is 2.36 bits per heavy atom. The smallest absolute Gasteiger partial charge is 0.255 e. The van der Waals surface area contributed by atoms with E-state index in [1.807, 2.05) is 30.4 Å². The number of hydrogen-bond acceptors (Lipinski definition) is 2. The summed E-state index contributed by atoms with van der Waals surface area (Å²) in [6, 6.07) is 28.9. The molecule has 0 unspecified atom stereocenters. The fourth-order valence-electron chi connectivity index (χ4n) is 5.08. The van der Waals surface area contributed by atoms with Gasteiger partial charge in [0.25, 0.3) is 5.82 Å². The van der Waals surface area contributed by atoms with Crippen LogP contribution in [-0.2, 0) is 0 Å². The molecule has 7 rings (SSSR count). The summed E-state index contributed by atoms with van der Waals surface area (Å²) >= 11 is 0. The van der Waals surface area contributed by atoms with Gasteiger partial charge in [0.15, 0.2) is 6.21 Å². The summed E-state index contributed by atoms with van der Waals surface area (Å²) in [5, 5.41) is 14.9. The highest BCUT2D eigenvalue weighted by atomic mass is 16.3. The number of rotatable bonds is 2. The molecular weight excluding hydrogens is 406 g/mol. The predicted molar refractivity (Wildman–Crippen MR) is 136 cm³/mol. The lowest BCUT2D eigenvalue weighted by Crippen LogP contribution is -1.97. The summed E-state index contributed by atoms with van der Waals surface area (Å²) < 4.78 is 4.46. The van der Waals surface area contributed by atoms with Crippen molar-refractivity contribution in [2.75, 3.05) is 0 Å². The van der Waals surface area contributed by atoms with Gasteiger partial charge in [-0.05, 0) is 41.4 Å². The van der Waals surface area contributed by atoms with E-state index < -0.39 is 0 Å². The van der Waals surface area contributed by atoms with E-state index in [1.54, 1.807) is 12.1 Å². The first-order chi connectivity index (χ1) is 16.3. The molecule has 0 aliphatic carbocycles. The van der Waals surface area contributed by atoms with Gasteiger partial charge in [-0.2, -0.15) is 0 Å². The van der Waals surface area contributed by atoms with Gasteiger partial charge in [-0.25, -0.2) is 4.57 Å². The number of nitrogens with zero attached hydrogens (tertiary/aromatic N) is 3. The summed E-state index contributed by atoms with van der Waals surface area (Å²) in [7, 11) is 0. The monoisotopic (exact) mass is 424 g/mol. The molecule has 0 bridgehead atoms. The predicted octanol–water partition coefficient (Wildman–Crippen LogP) is 6.91. The second-order valence-corrected chi connectivity index (χ2v) is 8.21. The van der Waals surface area contributed by atoms with Crippen molar-refractivity contribution < 1.29 is 5.11 Å². The molecule has 0 amide bonds. The van der Waals surface area contributed by atoms with Gasteiger partial charge in [-0.1, -0.05) is 42.5 Å². The molecule has 0 saturated heterocycles. The Bertz CT molecular complexity index is 1810. The molecule has 6 aromatic rings. The number of aliphatic imine (C=N–C) groups is 1. The number of para-hydroxylation sites is 2. The maximum atomic E-state index is 10.3. The lowest BCUT2D eigenvalue weighted by molar-refractivity contribution is 0.476. The highest BCUT2D eigenvalue weighted by Gasteiger charge is 2.23. The summed E-state index contributed by atoms with van der Waals surface area (Å²) in [5.41, 5.74) is 5.39. The van der Waals surface area contributed by atoms with Crippen molar-refractivity contribution in [3.63, 3.8) is 0 Å². The first kappa shape index (κ1) is 18.0. The van der Waals surface area contributed by atoms with Crippen molar-refractivity contribution in [3.8, 4) is 11.4 Å². The van der Waals surface area contributed by atoms with Crippen LogP contribution in [0.1, 0.15) is 0 Å². The second-order valence-electron chi connectivity index (χ2n) is 8.21. The molecule has 1 aliphatic heterocycles. The number of aromatic nitrogens is 2. The molecule has 4 heteroatoms. The van der Waals surface area contributed by atoms with E-state index in [4.69, 9.17) is 0 Å². The molecule has 154 valence electrons. The summed E-state index contributed by atoms with van der Waals surface area (Å²) in [4.78, 5) is 4.55. The molecule has 2 aromatic heterocycles. The van der Waals surface area contributed by atoms with Crippen molar-refractivity contribution in [2.45, 2.75) is 0 Å². The zero-order chi connectivity index (χ0) is 21.9. The Morgan fingerprint density at radius 2 is 1.52 bits per heavy atom. The van der Waals surface area contributed by atoms with Crippen LogP contribution in [0.2, 0.25) is 0 Å². The highest BCUT2D eigenvalue weighted by molar-refractivity contribution is 6.26. The van der Waals surface area contributed by atoms with Gasteiger partial charge in [-0.3, -0.25) is 0 Å². The number of hydrogen-bond donors (Lipinski definition) is 1. The molecule has 1 N–H and O–H groups in total. The average Bonchev–Trinajstić information content (AvgIpc) is 3.37. The summed E-state index contributed by atoms with van der Waals surface area (Å²) in [6.07, 6.45) is 8.69. The van der Waals surface area contributed by atoms with Crippen LogP contribution in [-0.4, -0.2) is 20.5 Å². The third-order valence-corrected chi connectivity index (χ3v) is 6.39. The zero-order valence-corrected chi connectivity index (χ0v) is 17.6. The highest BCUT2D eigenvalue weighted by Crippen LogP contribution is 2.42. The van der Waals surface area contributed by atoms with Crippen LogP contribution in [0.15, 0.2) is 108 Å². The Balaban J connectivity index is 1.76. The molecule has 0 atom stereocenters. The largest absolute Gasteiger partial charge is 0.508 e. The van der Waals surface area contributed by atoms with E-state index in [0.717, 1.165) is 49.7 Å². The Morgan fingerprint density at radius 1 is 0.697 bits per heavy atom. The van der Waals surface area contributed by atoms with Crippen LogP contribution in [0, 0.1) is 0 Å². The van der Waals surface area contributed by atoms with Gasteiger partial charge < -0.3 is 9.67 Å². The van der Waals surface area contributed by atoms with Gasteiger partial charge in [0.1, 0.15) is 11.8 Å². The first-order valence-electron chi connectivity index (χ1n) is 10.9. The number of fused-ring (bicyclic) bond motifs is 7. The lowest BCUT2D eigenvalue weighted by Gasteiger charge is -2.08. The second kappa shape index (κ2) is 6.67. The van der Waals surface area contributed by atoms with Crippen LogP contribution >= 0.6 is 0 Å². The Labute approximate surface area is 189 Å². The van der Waals surface area contributed by atoms with Crippen LogP contribution in [0.4, 0.5) is 0 Å². The number of aromatic hydroxyl groups is 1. The van der Waals surface area contributed by atoms with Crippen molar-refractivity contribution in [2.24, 2.45) is 4.99 Å². The van der Waals surface area contributed by atoms with Gasteiger partial charge in [0, 0.05) is 33.3 Å². The van der Waals surface area contributed by atoms with Crippen LogP contribution < -0.4 is 0 Å². The topological polar surface area (TPSA) is 42.5 Å². The zero-order valence-electron chi connectivity index (χ0n) is 17.6. The number of allylic oxidation sites excluding steroid dienone is 3. The molecular formula is C29H18N3O+. The summed E-state index contributed by atoms with van der Waals surface area (Å²) in [5.74, 6) is 1.00. The molecule has 0 fully saturated rings. The van der Waals surface area contributed by atoms with Crippen molar-refractivity contribution in [1.82, 2.24) is 9.13 Å². The lowest BCUT2D eigenvalue weighted by atomic mass is 10.1. The third-order valence-electron chi connectivity index (χ3n) is 6.39. The van der Waals surface area contributed by atoms with Crippen LogP contribution in [0.3, 0.4) is 0 Å². The minimum atomic E-state index is 0.231. The maximum absolute atomic E-state index is 10.3. The maximum Gasteiger partial charge on any atom is 0.255 e. The third kappa shape index (κ3) is 2.47. The van der Waals surface area contributed by atoms with Gasteiger partial charge in [-0.15, -0.1) is 0 Å².